The van der Waals surface area contributed by atoms with E-state index in [2.05, 4.69) is 4.74 Å². The molecule has 1 aromatic carbocycles. The van der Waals surface area contributed by atoms with E-state index in [-0.39, 0.29) is 11.2 Å². The Morgan fingerprint density at radius 1 is 1.22 bits per heavy atom. The van der Waals surface area contributed by atoms with Crippen molar-refractivity contribution in [2.24, 2.45) is 5.73 Å². The van der Waals surface area contributed by atoms with Crippen LogP contribution in [0.3, 0.4) is 0 Å². The monoisotopic (exact) mass is 259 g/mol. The van der Waals surface area contributed by atoms with Crippen LogP contribution in [0.5, 0.6) is 5.75 Å². The van der Waals surface area contributed by atoms with Crippen LogP contribution in [0.1, 0.15) is 32.3 Å². The van der Waals surface area contributed by atoms with Gasteiger partial charge in [0.1, 0.15) is 5.75 Å². The van der Waals surface area contributed by atoms with Crippen molar-refractivity contribution in [3.8, 4) is 5.75 Å². The van der Waals surface area contributed by atoms with Gasteiger partial charge in [-0.2, -0.15) is 0 Å². The minimum Gasteiger partial charge on any atom is -0.406 e. The smallest absolute Gasteiger partial charge is 0.406 e. The van der Waals surface area contributed by atoms with Crippen LogP contribution in [0.25, 0.3) is 0 Å². The van der Waals surface area contributed by atoms with Gasteiger partial charge in [0.15, 0.2) is 0 Å². The Morgan fingerprint density at radius 2 is 1.83 bits per heavy atom. The summed E-state index contributed by atoms with van der Waals surface area (Å²) in [7, 11) is 0. The summed E-state index contributed by atoms with van der Waals surface area (Å²) in [6.45, 7) is 3.80. The molecule has 0 unspecified atom stereocenters. The lowest BCUT2D eigenvalue weighted by molar-refractivity contribution is -0.274. The first kappa shape index (κ1) is 13.2. The molecule has 1 aliphatic rings. The van der Waals surface area contributed by atoms with E-state index in [1.165, 1.54) is 12.1 Å². The number of hydrogen-bond donors (Lipinski definition) is 1. The lowest BCUT2D eigenvalue weighted by Crippen LogP contribution is -2.45. The van der Waals surface area contributed by atoms with Gasteiger partial charge < -0.3 is 10.5 Å². The summed E-state index contributed by atoms with van der Waals surface area (Å²) in [6, 6.07) is 6.12. The van der Waals surface area contributed by atoms with Crippen molar-refractivity contribution < 1.29 is 17.9 Å². The predicted octanol–water partition coefficient (Wildman–Crippen LogP) is 3.35. The van der Waals surface area contributed by atoms with Gasteiger partial charge in [-0.05, 0) is 44.4 Å². The fourth-order valence-corrected chi connectivity index (χ4v) is 2.42. The molecular formula is C13H16F3NO. The number of halogens is 3. The number of hydrogen-bond acceptors (Lipinski definition) is 2. The lowest BCUT2D eigenvalue weighted by atomic mass is 9.79. The lowest BCUT2D eigenvalue weighted by Gasteiger charge is -2.31. The van der Waals surface area contributed by atoms with Crippen molar-refractivity contribution in [1.29, 1.82) is 0 Å². The molecule has 0 bridgehead atoms. The standard InChI is InChI=1S/C13H16F3NO/c1-11(2,17)12(6-7-12)9-4-3-5-10(8-9)18-13(14,15)16/h3-5,8H,6-7,17H2,1-2H3. The maximum atomic E-state index is 12.2. The average molecular weight is 259 g/mol. The Balaban J connectivity index is 2.29. The van der Waals surface area contributed by atoms with Crippen LogP contribution in [-0.2, 0) is 5.41 Å². The Hall–Kier alpha value is -1.23. The van der Waals surface area contributed by atoms with Gasteiger partial charge in [0.25, 0.3) is 0 Å². The molecule has 1 fully saturated rings. The maximum absolute atomic E-state index is 12.2. The van der Waals surface area contributed by atoms with E-state index in [1.54, 1.807) is 6.07 Å². The largest absolute Gasteiger partial charge is 0.573 e. The molecule has 0 radical (unpaired) electrons. The van der Waals surface area contributed by atoms with Crippen molar-refractivity contribution in [2.75, 3.05) is 0 Å². The van der Waals surface area contributed by atoms with E-state index in [1.807, 2.05) is 19.9 Å². The van der Waals surface area contributed by atoms with E-state index in [4.69, 9.17) is 5.73 Å². The summed E-state index contributed by atoms with van der Waals surface area (Å²) in [5.41, 5.74) is 6.26. The number of ether oxygens (including phenoxy) is 1. The summed E-state index contributed by atoms with van der Waals surface area (Å²) < 4.78 is 40.5. The highest BCUT2D eigenvalue weighted by atomic mass is 19.4. The van der Waals surface area contributed by atoms with Crippen LogP contribution in [0.2, 0.25) is 0 Å². The first-order chi connectivity index (χ1) is 8.14. The highest BCUT2D eigenvalue weighted by Gasteiger charge is 2.53. The molecule has 5 heteroatoms. The Labute approximate surface area is 104 Å². The molecule has 1 aliphatic carbocycles. The van der Waals surface area contributed by atoms with E-state index in [0.29, 0.717) is 0 Å². The molecule has 0 aliphatic heterocycles. The quantitative estimate of drug-likeness (QED) is 0.903. The van der Waals surface area contributed by atoms with Crippen molar-refractivity contribution in [3.05, 3.63) is 29.8 Å². The van der Waals surface area contributed by atoms with Crippen LogP contribution >= 0.6 is 0 Å². The molecule has 100 valence electrons. The summed E-state index contributed by atoms with van der Waals surface area (Å²) in [4.78, 5) is 0. The zero-order valence-corrected chi connectivity index (χ0v) is 10.3. The molecule has 0 heterocycles. The molecule has 0 aromatic heterocycles. The Bertz CT molecular complexity index is 444. The molecule has 0 atom stereocenters. The molecule has 1 saturated carbocycles. The molecule has 0 spiro atoms. The SMILES string of the molecule is CC(C)(N)C1(c2cccc(OC(F)(F)F)c2)CC1. The van der Waals surface area contributed by atoms with Gasteiger partial charge in [-0.3, -0.25) is 0 Å². The number of nitrogens with two attached hydrogens (primary N) is 1. The predicted molar refractivity (Wildman–Crippen MR) is 62.3 cm³/mol. The highest BCUT2D eigenvalue weighted by Crippen LogP contribution is 2.55. The minimum absolute atomic E-state index is 0.185. The average Bonchev–Trinajstić information content (AvgIpc) is 2.94. The van der Waals surface area contributed by atoms with Crippen molar-refractivity contribution in [3.63, 3.8) is 0 Å². The van der Waals surface area contributed by atoms with Gasteiger partial charge in [-0.25, -0.2) is 0 Å². The van der Waals surface area contributed by atoms with E-state index < -0.39 is 11.9 Å². The maximum Gasteiger partial charge on any atom is 0.573 e. The second-order valence-corrected chi connectivity index (χ2v) is 5.38. The first-order valence-corrected chi connectivity index (χ1v) is 5.79. The third kappa shape index (κ3) is 2.46. The van der Waals surface area contributed by atoms with E-state index in [9.17, 15) is 13.2 Å². The zero-order chi connectivity index (χ0) is 13.6. The van der Waals surface area contributed by atoms with Gasteiger partial charge in [0, 0.05) is 11.0 Å². The molecule has 0 amide bonds. The van der Waals surface area contributed by atoms with Crippen LogP contribution in [-0.4, -0.2) is 11.9 Å². The summed E-state index contributed by atoms with van der Waals surface area (Å²) in [6.07, 6.45) is -2.87. The summed E-state index contributed by atoms with van der Waals surface area (Å²) >= 11 is 0. The van der Waals surface area contributed by atoms with Crippen molar-refractivity contribution >= 4 is 0 Å². The molecular weight excluding hydrogens is 243 g/mol. The first-order valence-electron chi connectivity index (χ1n) is 5.79. The number of rotatable bonds is 3. The minimum atomic E-state index is -4.66. The van der Waals surface area contributed by atoms with Gasteiger partial charge in [-0.15, -0.1) is 13.2 Å². The van der Waals surface area contributed by atoms with Crippen LogP contribution in [0, 0.1) is 0 Å². The van der Waals surface area contributed by atoms with Crippen LogP contribution < -0.4 is 10.5 Å². The number of alkyl halides is 3. The molecule has 0 saturated heterocycles. The molecule has 2 nitrogen and oxygen atoms in total. The van der Waals surface area contributed by atoms with Crippen LogP contribution in [0.4, 0.5) is 13.2 Å². The third-order valence-corrected chi connectivity index (χ3v) is 3.60. The fourth-order valence-electron chi connectivity index (χ4n) is 2.42. The van der Waals surface area contributed by atoms with Gasteiger partial charge in [-0.1, -0.05) is 12.1 Å². The highest BCUT2D eigenvalue weighted by molar-refractivity contribution is 5.40. The topological polar surface area (TPSA) is 35.2 Å². The third-order valence-electron chi connectivity index (χ3n) is 3.60. The normalized spacial score (nSPS) is 18.6. The molecule has 1 aromatic rings. The molecule has 2 rings (SSSR count). The van der Waals surface area contributed by atoms with Crippen molar-refractivity contribution in [2.45, 2.75) is 44.0 Å². The second-order valence-electron chi connectivity index (χ2n) is 5.38. The number of benzene rings is 1. The van der Waals surface area contributed by atoms with Gasteiger partial charge in [0.2, 0.25) is 0 Å². The van der Waals surface area contributed by atoms with E-state index in [0.717, 1.165) is 18.4 Å². The molecule has 2 N–H and O–H groups in total. The molecule has 18 heavy (non-hydrogen) atoms. The van der Waals surface area contributed by atoms with Crippen LogP contribution in [0.15, 0.2) is 24.3 Å². The summed E-state index contributed by atoms with van der Waals surface area (Å²) in [5.74, 6) is -0.185. The Kier molecular flexibility index (Phi) is 2.85. The van der Waals surface area contributed by atoms with Gasteiger partial charge in [0.05, 0.1) is 0 Å². The Morgan fingerprint density at radius 3 is 2.28 bits per heavy atom. The fraction of sp³-hybridized carbons (Fsp3) is 0.538. The summed E-state index contributed by atoms with van der Waals surface area (Å²) in [5, 5.41) is 0. The van der Waals surface area contributed by atoms with E-state index >= 15 is 0 Å². The zero-order valence-electron chi connectivity index (χ0n) is 10.3. The van der Waals surface area contributed by atoms with Gasteiger partial charge >= 0.3 is 6.36 Å². The second kappa shape index (κ2) is 3.88. The van der Waals surface area contributed by atoms with Crippen molar-refractivity contribution in [1.82, 2.24) is 0 Å².